The Morgan fingerprint density at radius 1 is 1.14 bits per heavy atom. The van der Waals surface area contributed by atoms with Crippen molar-refractivity contribution in [2.75, 3.05) is 17.2 Å². The highest BCUT2D eigenvalue weighted by Gasteiger charge is 2.38. The van der Waals surface area contributed by atoms with E-state index in [2.05, 4.69) is 20.9 Å². The fraction of sp³-hybridized carbons (Fsp3) is 0.526. The predicted octanol–water partition coefficient (Wildman–Crippen LogP) is 4.30. The Bertz CT molecular complexity index is 853. The van der Waals surface area contributed by atoms with Gasteiger partial charge < -0.3 is 15.7 Å². The molecular weight excluding hydrogens is 400 g/mol. The van der Waals surface area contributed by atoms with Crippen LogP contribution >= 0.6 is 23.7 Å². The first-order valence-corrected chi connectivity index (χ1v) is 10.4. The lowest BCUT2D eigenvalue weighted by atomic mass is 9.76. The van der Waals surface area contributed by atoms with Crippen molar-refractivity contribution < 1.29 is 14.7 Å². The van der Waals surface area contributed by atoms with E-state index in [-0.39, 0.29) is 24.4 Å². The molecule has 2 heterocycles. The van der Waals surface area contributed by atoms with E-state index in [0.29, 0.717) is 28.2 Å². The van der Waals surface area contributed by atoms with Gasteiger partial charge in [0.15, 0.2) is 5.13 Å². The van der Waals surface area contributed by atoms with Crippen molar-refractivity contribution >= 4 is 56.8 Å². The van der Waals surface area contributed by atoms with Crippen molar-refractivity contribution in [3.05, 3.63) is 18.2 Å². The molecule has 2 aliphatic rings. The lowest BCUT2D eigenvalue weighted by Gasteiger charge is -2.30. The molecule has 7 nitrogen and oxygen atoms in total. The van der Waals surface area contributed by atoms with Crippen LogP contribution < -0.4 is 16.0 Å². The average molecular weight is 425 g/mol. The number of hydrogen-bond acceptors (Lipinski definition) is 5. The number of halogens is 1. The smallest absolute Gasteiger partial charge is 0.410 e. The summed E-state index contributed by atoms with van der Waals surface area (Å²) in [6.45, 7) is 0.900. The van der Waals surface area contributed by atoms with Crippen LogP contribution in [0.2, 0.25) is 0 Å². The van der Waals surface area contributed by atoms with E-state index < -0.39 is 6.09 Å². The first-order chi connectivity index (χ1) is 13.1. The first kappa shape index (κ1) is 20.8. The number of carbonyl (C=O) groups is 2. The third kappa shape index (κ3) is 4.56. The minimum atomic E-state index is -1.14. The molecule has 1 aliphatic heterocycles. The number of carboxylic acid groups (broad SMARTS) is 1. The molecule has 1 saturated carbocycles. The minimum absolute atomic E-state index is 0. The molecule has 2 atom stereocenters. The van der Waals surface area contributed by atoms with Crippen molar-refractivity contribution in [2.24, 2.45) is 11.8 Å². The maximum atomic E-state index is 12.9. The third-order valence-electron chi connectivity index (χ3n) is 5.68. The molecule has 2 amide bonds. The van der Waals surface area contributed by atoms with Crippen LogP contribution in [0.4, 0.5) is 15.6 Å². The second-order valence-corrected chi connectivity index (χ2v) is 8.43. The number of anilines is 2. The zero-order chi connectivity index (χ0) is 18.8. The number of rotatable bonds is 4. The van der Waals surface area contributed by atoms with Crippen molar-refractivity contribution in [3.8, 4) is 0 Å². The van der Waals surface area contributed by atoms with E-state index in [1.54, 1.807) is 6.07 Å². The molecule has 9 heteroatoms. The van der Waals surface area contributed by atoms with E-state index in [4.69, 9.17) is 5.11 Å². The molecule has 0 bridgehead atoms. The molecule has 2 fully saturated rings. The Labute approximate surface area is 173 Å². The normalized spacial score (nSPS) is 22.6. The summed E-state index contributed by atoms with van der Waals surface area (Å²) in [5.41, 5.74) is 1.43. The Balaban J connectivity index is 0.00000225. The van der Waals surface area contributed by atoms with Crippen molar-refractivity contribution in [3.63, 3.8) is 0 Å². The fourth-order valence-corrected chi connectivity index (χ4v) is 5.34. The highest BCUT2D eigenvalue weighted by molar-refractivity contribution is 7.22. The number of benzene rings is 1. The molecule has 152 valence electrons. The SMILES string of the molecule is Cl.O=C(O)Nc1nc2ccc(NC(=O)[C@@H]3NCC[C@H]3C3CCCCC3)cc2s1. The highest BCUT2D eigenvalue weighted by Crippen LogP contribution is 2.36. The van der Waals surface area contributed by atoms with Crippen molar-refractivity contribution in [2.45, 2.75) is 44.6 Å². The summed E-state index contributed by atoms with van der Waals surface area (Å²) in [5, 5.41) is 17.8. The van der Waals surface area contributed by atoms with E-state index in [9.17, 15) is 9.59 Å². The molecule has 28 heavy (non-hydrogen) atoms. The summed E-state index contributed by atoms with van der Waals surface area (Å²) in [5.74, 6) is 1.10. The fourth-order valence-electron chi connectivity index (χ4n) is 4.45. The van der Waals surface area contributed by atoms with Gasteiger partial charge in [0.2, 0.25) is 5.91 Å². The van der Waals surface area contributed by atoms with Crippen LogP contribution in [-0.4, -0.2) is 34.7 Å². The quantitative estimate of drug-likeness (QED) is 0.585. The standard InChI is InChI=1S/C19H24N4O3S.ClH/c24-17(16-13(8-9-20-16)11-4-2-1-3-5-11)21-12-6-7-14-15(10-12)27-18(22-14)23-19(25)26;/h6-7,10-11,13,16,20H,1-5,8-9H2,(H,21,24)(H,22,23)(H,25,26);1H/t13-,16+;/m0./s1. The maximum absolute atomic E-state index is 12.9. The van der Waals surface area contributed by atoms with Gasteiger partial charge in [-0.15, -0.1) is 12.4 Å². The van der Waals surface area contributed by atoms with Gasteiger partial charge in [-0.2, -0.15) is 0 Å². The number of fused-ring (bicyclic) bond motifs is 1. The maximum Gasteiger partial charge on any atom is 0.410 e. The van der Waals surface area contributed by atoms with Gasteiger partial charge in [-0.3, -0.25) is 10.1 Å². The Morgan fingerprint density at radius 3 is 2.68 bits per heavy atom. The third-order valence-corrected chi connectivity index (χ3v) is 6.61. The molecule has 0 spiro atoms. The number of thiazole rings is 1. The van der Waals surface area contributed by atoms with Gasteiger partial charge >= 0.3 is 6.09 Å². The monoisotopic (exact) mass is 424 g/mol. The van der Waals surface area contributed by atoms with E-state index in [1.807, 2.05) is 12.1 Å². The van der Waals surface area contributed by atoms with Crippen LogP contribution in [0.5, 0.6) is 0 Å². The van der Waals surface area contributed by atoms with E-state index >= 15 is 0 Å². The zero-order valence-electron chi connectivity index (χ0n) is 15.4. The van der Waals surface area contributed by atoms with E-state index in [0.717, 1.165) is 17.7 Å². The largest absolute Gasteiger partial charge is 0.465 e. The second kappa shape index (κ2) is 9.07. The number of nitrogens with one attached hydrogen (secondary N) is 3. The summed E-state index contributed by atoms with van der Waals surface area (Å²) in [4.78, 5) is 27.9. The molecule has 1 aromatic heterocycles. The summed E-state index contributed by atoms with van der Waals surface area (Å²) >= 11 is 1.25. The predicted molar refractivity (Wildman–Crippen MR) is 114 cm³/mol. The number of aromatic nitrogens is 1. The summed E-state index contributed by atoms with van der Waals surface area (Å²) in [7, 11) is 0. The topological polar surface area (TPSA) is 103 Å². The van der Waals surface area contributed by atoms with Crippen LogP contribution in [0.3, 0.4) is 0 Å². The summed E-state index contributed by atoms with van der Waals surface area (Å²) in [6, 6.07) is 5.33. The Hall–Kier alpha value is -1.90. The van der Waals surface area contributed by atoms with Crippen LogP contribution in [0, 0.1) is 11.8 Å². The molecule has 4 rings (SSSR count). The van der Waals surface area contributed by atoms with Gasteiger partial charge in [0.25, 0.3) is 0 Å². The van der Waals surface area contributed by atoms with Crippen LogP contribution in [0.15, 0.2) is 18.2 Å². The van der Waals surface area contributed by atoms with Crippen LogP contribution in [-0.2, 0) is 4.79 Å². The summed E-state index contributed by atoms with van der Waals surface area (Å²) in [6.07, 6.45) is 6.30. The van der Waals surface area contributed by atoms with Gasteiger partial charge in [-0.1, -0.05) is 43.4 Å². The number of amides is 2. The molecule has 0 radical (unpaired) electrons. The average Bonchev–Trinajstić information content (AvgIpc) is 3.28. The minimum Gasteiger partial charge on any atom is -0.465 e. The lowest BCUT2D eigenvalue weighted by molar-refractivity contribution is -0.119. The number of nitrogens with zero attached hydrogens (tertiary/aromatic N) is 1. The highest BCUT2D eigenvalue weighted by atomic mass is 35.5. The van der Waals surface area contributed by atoms with Crippen LogP contribution in [0.25, 0.3) is 10.2 Å². The van der Waals surface area contributed by atoms with Gasteiger partial charge in [0.1, 0.15) is 0 Å². The summed E-state index contributed by atoms with van der Waals surface area (Å²) < 4.78 is 0.833. The number of carbonyl (C=O) groups excluding carboxylic acids is 1. The lowest BCUT2D eigenvalue weighted by Crippen LogP contribution is -2.42. The molecule has 2 aromatic rings. The molecule has 0 unspecified atom stereocenters. The van der Waals surface area contributed by atoms with Gasteiger partial charge in [0, 0.05) is 5.69 Å². The zero-order valence-corrected chi connectivity index (χ0v) is 17.1. The molecule has 1 aliphatic carbocycles. The van der Waals surface area contributed by atoms with Crippen molar-refractivity contribution in [1.29, 1.82) is 0 Å². The number of hydrogen-bond donors (Lipinski definition) is 4. The second-order valence-electron chi connectivity index (χ2n) is 7.40. The molecule has 4 N–H and O–H groups in total. The molecule has 1 saturated heterocycles. The Kier molecular flexibility index (Phi) is 6.74. The first-order valence-electron chi connectivity index (χ1n) is 9.55. The van der Waals surface area contributed by atoms with Gasteiger partial charge in [-0.25, -0.2) is 9.78 Å². The van der Waals surface area contributed by atoms with Gasteiger partial charge in [0.05, 0.1) is 16.3 Å². The molecule has 1 aromatic carbocycles. The van der Waals surface area contributed by atoms with Crippen molar-refractivity contribution in [1.82, 2.24) is 10.3 Å². The van der Waals surface area contributed by atoms with Gasteiger partial charge in [-0.05, 0) is 43.0 Å². The Morgan fingerprint density at radius 2 is 1.93 bits per heavy atom. The molecular formula is C19H25ClN4O3S. The van der Waals surface area contributed by atoms with E-state index in [1.165, 1.54) is 43.4 Å². The van der Waals surface area contributed by atoms with Crippen LogP contribution in [0.1, 0.15) is 38.5 Å².